The van der Waals surface area contributed by atoms with Crippen LogP contribution >= 0.6 is 0 Å². The molecule has 0 bridgehead atoms. The van der Waals surface area contributed by atoms with Crippen molar-refractivity contribution in [3.63, 3.8) is 0 Å². The predicted molar refractivity (Wildman–Crippen MR) is 89.2 cm³/mol. The van der Waals surface area contributed by atoms with E-state index in [1.807, 2.05) is 0 Å². The maximum absolute atomic E-state index is 13.6. The van der Waals surface area contributed by atoms with Gasteiger partial charge in [0.05, 0.1) is 17.4 Å². The summed E-state index contributed by atoms with van der Waals surface area (Å²) in [5, 5.41) is 5.90. The van der Waals surface area contributed by atoms with Gasteiger partial charge >= 0.3 is 12.5 Å². The summed E-state index contributed by atoms with van der Waals surface area (Å²) in [6, 6.07) is 10.8. The van der Waals surface area contributed by atoms with Crippen LogP contribution in [0.4, 0.5) is 27.6 Å². The number of halogens is 5. The Bertz CT molecular complexity index is 1080. The first-order valence-corrected chi connectivity index (χ1v) is 8.06. The zero-order valence-corrected chi connectivity index (χ0v) is 14.2. The van der Waals surface area contributed by atoms with E-state index < -0.39 is 29.6 Å². The molecule has 0 atom stereocenters. The van der Waals surface area contributed by atoms with Crippen LogP contribution in [-0.4, -0.2) is 22.0 Å². The van der Waals surface area contributed by atoms with Crippen LogP contribution in [0.3, 0.4) is 0 Å². The molecule has 0 saturated carbocycles. The summed E-state index contributed by atoms with van der Waals surface area (Å²) in [5.74, 6) is -1.74. The Morgan fingerprint density at radius 2 is 1.72 bits per heavy atom. The lowest BCUT2D eigenvalue weighted by Crippen LogP contribution is -2.25. The van der Waals surface area contributed by atoms with Crippen LogP contribution in [0.5, 0.6) is 11.5 Å². The number of nitrogens with zero attached hydrogens (tertiary/aromatic N) is 2. The number of fused-ring (bicyclic) bond motifs is 1. The molecule has 2 heterocycles. The molecule has 0 aliphatic carbocycles. The molecule has 0 unspecified atom stereocenters. The fourth-order valence-electron chi connectivity index (χ4n) is 2.78. The second-order valence-electron chi connectivity index (χ2n) is 5.94. The second kappa shape index (κ2) is 6.47. The smallest absolute Gasteiger partial charge is 0.395 e. The van der Waals surface area contributed by atoms with Crippen LogP contribution in [0.2, 0.25) is 0 Å². The molecule has 4 rings (SSSR count). The predicted octanol–water partition coefficient (Wildman–Crippen LogP) is 4.46. The molecule has 0 saturated heterocycles. The Kier molecular flexibility index (Phi) is 4.17. The Morgan fingerprint density at radius 1 is 1.03 bits per heavy atom. The number of hydrogen-bond acceptors (Lipinski definition) is 4. The van der Waals surface area contributed by atoms with Gasteiger partial charge in [-0.2, -0.15) is 18.3 Å². The monoisotopic (exact) mass is 411 g/mol. The molecule has 0 radical (unpaired) electrons. The van der Waals surface area contributed by atoms with E-state index in [0.29, 0.717) is 4.68 Å². The third kappa shape index (κ3) is 3.58. The van der Waals surface area contributed by atoms with E-state index in [0.717, 1.165) is 18.3 Å². The zero-order valence-electron chi connectivity index (χ0n) is 14.2. The molecule has 11 heteroatoms. The molecule has 0 spiro atoms. The summed E-state index contributed by atoms with van der Waals surface area (Å²) in [6.45, 7) is 0. The van der Waals surface area contributed by atoms with Crippen LogP contribution < -0.4 is 14.8 Å². The van der Waals surface area contributed by atoms with E-state index in [4.69, 9.17) is 0 Å². The van der Waals surface area contributed by atoms with Crippen molar-refractivity contribution in [3.05, 3.63) is 66.0 Å². The molecule has 1 N–H and O–H groups in total. The lowest BCUT2D eigenvalue weighted by Gasteiger charge is -2.13. The number of para-hydroxylation sites is 1. The van der Waals surface area contributed by atoms with Gasteiger partial charge in [0, 0.05) is 11.8 Å². The number of carbonyl (C=O) groups excluding carboxylic acids is 1. The van der Waals surface area contributed by atoms with Crippen molar-refractivity contribution in [2.24, 2.45) is 0 Å². The SMILES string of the molecule is O=C(Nc1ccc2c(c1)OC(F)(F)O2)c1cnn(-c2ccccc2)c1C(F)(F)F. The molecule has 1 aliphatic heterocycles. The van der Waals surface area contributed by atoms with Crippen molar-refractivity contribution in [2.75, 3.05) is 5.32 Å². The van der Waals surface area contributed by atoms with E-state index in [-0.39, 0.29) is 22.9 Å². The first-order valence-electron chi connectivity index (χ1n) is 8.06. The van der Waals surface area contributed by atoms with Crippen LogP contribution in [0, 0.1) is 0 Å². The highest BCUT2D eigenvalue weighted by molar-refractivity contribution is 6.05. The average Bonchev–Trinajstić information content (AvgIpc) is 3.22. The molecular formula is C18H10F5N3O3. The third-order valence-electron chi connectivity index (χ3n) is 3.94. The van der Waals surface area contributed by atoms with Gasteiger partial charge in [0.15, 0.2) is 17.2 Å². The van der Waals surface area contributed by atoms with Crippen LogP contribution in [-0.2, 0) is 6.18 Å². The number of alkyl halides is 5. The molecule has 2 aromatic carbocycles. The minimum Gasteiger partial charge on any atom is -0.395 e. The molecule has 150 valence electrons. The normalized spacial score (nSPS) is 14.7. The number of rotatable bonds is 3. The second-order valence-corrected chi connectivity index (χ2v) is 5.94. The quantitative estimate of drug-likeness (QED) is 0.647. The van der Waals surface area contributed by atoms with Crippen molar-refractivity contribution in [2.45, 2.75) is 12.5 Å². The van der Waals surface area contributed by atoms with Crippen LogP contribution in [0.25, 0.3) is 5.69 Å². The Morgan fingerprint density at radius 3 is 2.41 bits per heavy atom. The number of benzene rings is 2. The van der Waals surface area contributed by atoms with Gasteiger partial charge in [-0.1, -0.05) is 18.2 Å². The lowest BCUT2D eigenvalue weighted by molar-refractivity contribution is -0.286. The van der Waals surface area contributed by atoms with Gasteiger partial charge in [-0.3, -0.25) is 4.79 Å². The lowest BCUT2D eigenvalue weighted by atomic mass is 10.2. The number of ether oxygens (including phenoxy) is 2. The van der Waals surface area contributed by atoms with Crippen molar-refractivity contribution < 1.29 is 36.2 Å². The molecule has 29 heavy (non-hydrogen) atoms. The number of hydrogen-bond donors (Lipinski definition) is 1. The molecule has 3 aromatic rings. The van der Waals surface area contributed by atoms with Gasteiger partial charge in [-0.25, -0.2) is 4.68 Å². The first-order chi connectivity index (χ1) is 13.6. The van der Waals surface area contributed by atoms with Crippen LogP contribution in [0.1, 0.15) is 16.1 Å². The van der Waals surface area contributed by atoms with E-state index in [2.05, 4.69) is 19.9 Å². The summed E-state index contributed by atoms with van der Waals surface area (Å²) >= 11 is 0. The Hall–Kier alpha value is -3.63. The Labute approximate surface area is 159 Å². The molecule has 0 fully saturated rings. The fourth-order valence-corrected chi connectivity index (χ4v) is 2.78. The van der Waals surface area contributed by atoms with Gasteiger partial charge in [0.25, 0.3) is 5.91 Å². The van der Waals surface area contributed by atoms with Crippen molar-refractivity contribution >= 4 is 11.6 Å². The number of anilines is 1. The van der Waals surface area contributed by atoms with Crippen molar-refractivity contribution in [1.82, 2.24) is 9.78 Å². The van der Waals surface area contributed by atoms with Crippen molar-refractivity contribution in [3.8, 4) is 17.2 Å². The Balaban J connectivity index is 1.66. The number of aromatic nitrogens is 2. The minimum atomic E-state index is -4.88. The fraction of sp³-hybridized carbons (Fsp3) is 0.111. The number of amides is 1. The van der Waals surface area contributed by atoms with Gasteiger partial charge in [0.1, 0.15) is 0 Å². The van der Waals surface area contributed by atoms with Crippen molar-refractivity contribution in [1.29, 1.82) is 0 Å². The highest BCUT2D eigenvalue weighted by atomic mass is 19.4. The maximum atomic E-state index is 13.6. The largest absolute Gasteiger partial charge is 0.586 e. The topological polar surface area (TPSA) is 65.4 Å². The molecule has 1 aromatic heterocycles. The summed E-state index contributed by atoms with van der Waals surface area (Å²) in [4.78, 5) is 12.5. The summed E-state index contributed by atoms with van der Waals surface area (Å²) < 4.78 is 76.1. The van der Waals surface area contributed by atoms with Gasteiger partial charge in [-0.15, -0.1) is 8.78 Å². The minimum absolute atomic E-state index is 0.0596. The number of nitrogens with one attached hydrogen (secondary N) is 1. The van der Waals surface area contributed by atoms with Crippen LogP contribution in [0.15, 0.2) is 54.7 Å². The summed E-state index contributed by atoms with van der Waals surface area (Å²) in [7, 11) is 0. The highest BCUT2D eigenvalue weighted by Gasteiger charge is 2.44. The zero-order chi connectivity index (χ0) is 20.8. The third-order valence-corrected chi connectivity index (χ3v) is 3.94. The highest BCUT2D eigenvalue weighted by Crippen LogP contribution is 2.42. The van der Waals surface area contributed by atoms with E-state index in [1.165, 1.54) is 30.3 Å². The van der Waals surface area contributed by atoms with Gasteiger partial charge in [0.2, 0.25) is 0 Å². The van der Waals surface area contributed by atoms with E-state index >= 15 is 0 Å². The molecule has 1 amide bonds. The summed E-state index contributed by atoms with van der Waals surface area (Å²) in [6.07, 6.45) is -7.95. The molecular weight excluding hydrogens is 401 g/mol. The van der Waals surface area contributed by atoms with Gasteiger partial charge in [-0.05, 0) is 24.3 Å². The van der Waals surface area contributed by atoms with E-state index in [9.17, 15) is 26.7 Å². The summed E-state index contributed by atoms with van der Waals surface area (Å²) in [5.41, 5.74) is -1.95. The average molecular weight is 411 g/mol. The van der Waals surface area contributed by atoms with Gasteiger partial charge < -0.3 is 14.8 Å². The first kappa shape index (κ1) is 18.7. The maximum Gasteiger partial charge on any atom is 0.586 e. The number of carbonyl (C=O) groups is 1. The van der Waals surface area contributed by atoms with E-state index in [1.54, 1.807) is 6.07 Å². The molecule has 1 aliphatic rings. The standard InChI is InChI=1S/C18H10F5N3O3/c19-17(20,21)15-12(9-24-26(15)11-4-2-1-3-5-11)16(27)25-10-6-7-13-14(8-10)29-18(22,23)28-13/h1-9H,(H,25,27). The molecule has 6 nitrogen and oxygen atoms in total.